The molecule has 0 amide bonds. The van der Waals surface area contributed by atoms with Crippen LogP contribution in [0.25, 0.3) is 5.32 Å². The quantitative estimate of drug-likeness (QED) is 0.193. The van der Waals surface area contributed by atoms with Crippen LogP contribution >= 0.6 is 11.8 Å². The van der Waals surface area contributed by atoms with Gasteiger partial charge in [-0.2, -0.15) is 5.57 Å². The van der Waals surface area contributed by atoms with E-state index in [2.05, 4.69) is 52.1 Å². The molecule has 0 saturated carbocycles. The van der Waals surface area contributed by atoms with Gasteiger partial charge in [-0.05, 0) is 79.2 Å². The maximum atomic E-state index is 9.88. The van der Waals surface area contributed by atoms with Crippen LogP contribution in [0, 0.1) is 36.0 Å². The van der Waals surface area contributed by atoms with E-state index in [1.54, 1.807) is 6.08 Å². The van der Waals surface area contributed by atoms with Gasteiger partial charge in [0, 0.05) is 41.8 Å². The van der Waals surface area contributed by atoms with Crippen LogP contribution in [0.2, 0.25) is 0 Å². The van der Waals surface area contributed by atoms with Crippen LogP contribution in [0.15, 0.2) is 39.1 Å². The third-order valence-electron chi connectivity index (χ3n) is 9.45. The largest absolute Gasteiger partial charge is 0.651 e. The third kappa shape index (κ3) is 7.61. The molecule has 4 aliphatic heterocycles. The van der Waals surface area contributed by atoms with E-state index in [4.69, 9.17) is 14.2 Å². The summed E-state index contributed by atoms with van der Waals surface area (Å²) in [6.07, 6.45) is 13.8. The van der Waals surface area contributed by atoms with E-state index in [0.29, 0.717) is 41.7 Å². The van der Waals surface area contributed by atoms with E-state index in [0.717, 1.165) is 62.9 Å². The molecule has 7 heteroatoms. The topological polar surface area (TPSA) is 76.2 Å². The second-order valence-corrected chi connectivity index (χ2v) is 13.0. The minimum atomic E-state index is -2.10. The SMILES string of the molecule is CCC(CC)/C(O)=C/[C@@H](O)C(CC)CC.[2H]C([2H])([2H])C1=NC2OC3=C([C@H]4CC=C5SC[C@@H](C)C5[N-]4)[CH-]CC[C@H]3C2CC1.[Ir]. The average molecular weight is 752 g/mol. The summed E-state index contributed by atoms with van der Waals surface area (Å²) < 4.78 is 29.3. The monoisotopic (exact) mass is 752 g/mol. The first-order valence-corrected chi connectivity index (χ1v) is 16.4. The molecule has 0 aromatic carbocycles. The molecular weight excluding hydrogens is 697 g/mol. The van der Waals surface area contributed by atoms with E-state index >= 15 is 0 Å². The van der Waals surface area contributed by atoms with Crippen LogP contribution < -0.4 is 0 Å². The smallest absolute Gasteiger partial charge is 0.171 e. The van der Waals surface area contributed by atoms with E-state index in [-0.39, 0.29) is 44.2 Å². The molecule has 1 aliphatic carbocycles. The predicted molar refractivity (Wildman–Crippen MR) is 165 cm³/mol. The zero-order chi connectivity index (χ0) is 30.6. The predicted octanol–water partition coefficient (Wildman–Crippen LogP) is 8.52. The maximum absolute atomic E-state index is 9.88. The van der Waals surface area contributed by atoms with Gasteiger partial charge in [-0.1, -0.05) is 60.0 Å². The van der Waals surface area contributed by atoms with Gasteiger partial charge in [0.25, 0.3) is 0 Å². The van der Waals surface area contributed by atoms with Gasteiger partial charge in [0.15, 0.2) is 6.23 Å². The van der Waals surface area contributed by atoms with E-state index in [9.17, 15) is 10.2 Å². The molecule has 4 heterocycles. The molecule has 7 atom stereocenters. The molecular formula is C33H52IrN2O3S-2. The van der Waals surface area contributed by atoms with Crippen molar-refractivity contribution >= 4 is 17.5 Å². The van der Waals surface area contributed by atoms with Crippen molar-refractivity contribution in [3.8, 4) is 0 Å². The van der Waals surface area contributed by atoms with Crippen LogP contribution in [-0.4, -0.2) is 46.1 Å². The normalized spacial score (nSPS) is 33.4. The number of aliphatic hydroxyl groups is 2. The molecule has 2 N–H and O–H groups in total. The number of ether oxygens (including phenoxy) is 1. The Hall–Kier alpha value is -0.721. The number of aliphatic imine (C=N–C) groups is 1. The van der Waals surface area contributed by atoms with Gasteiger partial charge in [-0.25, -0.2) is 6.42 Å². The summed E-state index contributed by atoms with van der Waals surface area (Å²) >= 11 is 1.96. The molecule has 3 unspecified atom stereocenters. The molecule has 2 fully saturated rings. The summed E-state index contributed by atoms with van der Waals surface area (Å²) in [4.78, 5) is 5.97. The summed E-state index contributed by atoms with van der Waals surface area (Å²) in [6.45, 7) is 8.45. The third-order valence-corrected chi connectivity index (χ3v) is 10.9. The molecule has 5 rings (SSSR count). The van der Waals surface area contributed by atoms with Crippen LogP contribution in [0.3, 0.4) is 0 Å². The first kappa shape index (κ1) is 29.4. The van der Waals surface area contributed by atoms with Gasteiger partial charge in [0.1, 0.15) is 0 Å². The zero-order valence-electron chi connectivity index (χ0n) is 27.9. The second kappa shape index (κ2) is 15.7. The molecule has 40 heavy (non-hydrogen) atoms. The van der Waals surface area contributed by atoms with Crippen LogP contribution in [0.4, 0.5) is 0 Å². The molecule has 1 radical (unpaired) electrons. The fourth-order valence-electron chi connectivity index (χ4n) is 6.83. The minimum absolute atomic E-state index is 0. The Morgan fingerprint density at radius 3 is 2.67 bits per heavy atom. The second-order valence-electron chi connectivity index (χ2n) is 11.9. The molecule has 0 bridgehead atoms. The molecule has 5 aliphatic rings. The van der Waals surface area contributed by atoms with Gasteiger partial charge in [0.2, 0.25) is 0 Å². The van der Waals surface area contributed by atoms with E-state index in [1.165, 1.54) is 10.5 Å². The molecule has 5 nitrogen and oxygen atoms in total. The van der Waals surface area contributed by atoms with Crippen molar-refractivity contribution in [2.24, 2.45) is 34.6 Å². The summed E-state index contributed by atoms with van der Waals surface area (Å²) in [5.41, 5.74) is 1.59. The minimum Gasteiger partial charge on any atom is -0.651 e. The first-order valence-electron chi connectivity index (χ1n) is 16.9. The van der Waals surface area contributed by atoms with Gasteiger partial charge < -0.3 is 20.3 Å². The zero-order valence-corrected chi connectivity index (χ0v) is 28.1. The number of aliphatic hydroxyl groups excluding tert-OH is 2. The Morgan fingerprint density at radius 1 is 1.25 bits per heavy atom. The average Bonchev–Trinajstić information content (AvgIpc) is 3.53. The number of nitrogens with zero attached hydrogens (tertiary/aromatic N) is 2. The van der Waals surface area contributed by atoms with Crippen molar-refractivity contribution in [2.45, 2.75) is 124 Å². The Morgan fingerprint density at radius 2 is 2.00 bits per heavy atom. The van der Waals surface area contributed by atoms with E-state index < -0.39 is 13.0 Å². The van der Waals surface area contributed by atoms with Crippen molar-refractivity contribution < 1.29 is 39.2 Å². The number of hydrogen-bond donors (Lipinski definition) is 2. The van der Waals surface area contributed by atoms with Gasteiger partial charge in [-0.3, -0.25) is 4.99 Å². The molecule has 2 saturated heterocycles. The van der Waals surface area contributed by atoms with Gasteiger partial charge in [-0.15, -0.1) is 30.3 Å². The van der Waals surface area contributed by atoms with Crippen molar-refractivity contribution in [1.82, 2.24) is 0 Å². The Balaban J connectivity index is 0.000000274. The number of hydrogen-bond acceptors (Lipinski definition) is 5. The van der Waals surface area contributed by atoms with Crippen molar-refractivity contribution in [3.63, 3.8) is 0 Å². The fourth-order valence-corrected chi connectivity index (χ4v) is 8.15. The van der Waals surface area contributed by atoms with Crippen molar-refractivity contribution in [2.75, 3.05) is 5.75 Å². The summed E-state index contributed by atoms with van der Waals surface area (Å²) in [6, 6.07) is 0.531. The summed E-state index contributed by atoms with van der Waals surface area (Å²) in [5.74, 6) is 4.37. The van der Waals surface area contributed by atoms with Crippen LogP contribution in [0.1, 0.15) is 103 Å². The number of rotatable bonds is 8. The Kier molecular flexibility index (Phi) is 11.5. The van der Waals surface area contributed by atoms with Crippen LogP contribution in [-0.2, 0) is 24.8 Å². The molecule has 0 aromatic rings. The van der Waals surface area contributed by atoms with Crippen LogP contribution in [0.5, 0.6) is 0 Å². The fraction of sp³-hybridized carbons (Fsp3) is 0.758. The summed E-state index contributed by atoms with van der Waals surface area (Å²) in [5, 5.41) is 24.9. The Bertz CT molecular complexity index is 1050. The molecule has 0 aromatic heterocycles. The molecule has 0 spiro atoms. The van der Waals surface area contributed by atoms with Crippen molar-refractivity contribution in [3.05, 3.63) is 45.9 Å². The number of thioether (sulfide) groups is 1. The van der Waals surface area contributed by atoms with Crippen molar-refractivity contribution in [1.29, 1.82) is 0 Å². The maximum Gasteiger partial charge on any atom is 0.171 e. The Labute approximate surface area is 265 Å². The number of fused-ring (bicyclic) bond motifs is 4. The van der Waals surface area contributed by atoms with Gasteiger partial charge >= 0.3 is 0 Å². The number of allylic oxidation sites excluding steroid dienone is 2. The molecule has 229 valence electrons. The van der Waals surface area contributed by atoms with E-state index in [1.807, 2.05) is 11.8 Å². The standard InChI is InChI=1S/C20H26N2OS.C13H26O2.Ir/c1-11-10-24-17-9-8-16(22-18(11)17)15-5-3-4-13-14-7-6-12(2)21-20(14)23-19(13)15;1-5-10(6-2)12(14)9-13(15)11(7-3)8-4;/h5,9,11,13-14,16,18,20H,3-4,6-8,10H2,1-2H3;9-12,14-15H,5-8H2,1-4H3;/q-2;;/b;13-9-;/t11-,13+,14?,16-,18?,20?;12-;/m11./s1/i2D3;;. The first-order chi connectivity index (χ1) is 20.0. The van der Waals surface area contributed by atoms with Gasteiger partial charge in [0.05, 0.1) is 11.9 Å². The summed E-state index contributed by atoms with van der Waals surface area (Å²) in [7, 11) is 0.